The van der Waals surface area contributed by atoms with Gasteiger partial charge in [-0.25, -0.2) is 0 Å². The predicted molar refractivity (Wildman–Crippen MR) is 116 cm³/mol. The summed E-state index contributed by atoms with van der Waals surface area (Å²) in [6.07, 6.45) is 6.22. The number of hydrogen-bond acceptors (Lipinski definition) is 2. The third-order valence-corrected chi connectivity index (χ3v) is 5.20. The van der Waals surface area contributed by atoms with Gasteiger partial charge in [-0.1, -0.05) is 92.1 Å². The van der Waals surface area contributed by atoms with E-state index < -0.39 is 8.07 Å². The molecule has 1 atom stereocenters. The highest BCUT2D eigenvalue weighted by Gasteiger charge is 2.09. The maximum absolute atomic E-state index is 5.86. The summed E-state index contributed by atoms with van der Waals surface area (Å²) in [5, 5.41) is 0. The molecule has 0 radical (unpaired) electrons. The van der Waals surface area contributed by atoms with E-state index in [9.17, 15) is 0 Å². The molecule has 0 saturated heterocycles. The SMILES string of the molecule is C[Si](C)(C)/C=C\CC(CCOCc1ccccc1)N=Cc1ccccc1. The van der Waals surface area contributed by atoms with Crippen molar-refractivity contribution in [3.05, 3.63) is 83.6 Å². The zero-order valence-corrected chi connectivity index (χ0v) is 17.3. The molecule has 0 aromatic heterocycles. The van der Waals surface area contributed by atoms with Crippen molar-refractivity contribution in [2.24, 2.45) is 4.99 Å². The van der Waals surface area contributed by atoms with Crippen molar-refractivity contribution in [2.75, 3.05) is 6.61 Å². The van der Waals surface area contributed by atoms with Crippen molar-refractivity contribution in [1.82, 2.24) is 0 Å². The van der Waals surface area contributed by atoms with Crippen LogP contribution in [0.3, 0.4) is 0 Å². The van der Waals surface area contributed by atoms with Gasteiger partial charge in [-0.05, 0) is 24.0 Å². The molecule has 2 aromatic carbocycles. The summed E-state index contributed by atoms with van der Waals surface area (Å²) in [5.41, 5.74) is 4.77. The fourth-order valence-corrected chi connectivity index (χ4v) is 3.39. The summed E-state index contributed by atoms with van der Waals surface area (Å²) < 4.78 is 5.86. The highest BCUT2D eigenvalue weighted by atomic mass is 28.3. The maximum Gasteiger partial charge on any atom is 0.0716 e. The molecule has 2 rings (SSSR count). The van der Waals surface area contributed by atoms with Crippen LogP contribution in [0.15, 0.2) is 77.4 Å². The van der Waals surface area contributed by atoms with Crippen molar-refractivity contribution < 1.29 is 4.74 Å². The predicted octanol–water partition coefficient (Wildman–Crippen LogP) is 5.90. The first-order valence-corrected chi connectivity index (χ1v) is 13.0. The van der Waals surface area contributed by atoms with E-state index in [1.54, 1.807) is 0 Å². The van der Waals surface area contributed by atoms with Gasteiger partial charge in [0.2, 0.25) is 0 Å². The van der Waals surface area contributed by atoms with Gasteiger partial charge in [-0.15, -0.1) is 0 Å². The monoisotopic (exact) mass is 365 g/mol. The highest BCUT2D eigenvalue weighted by Crippen LogP contribution is 2.10. The third-order valence-electron chi connectivity index (χ3n) is 3.97. The summed E-state index contributed by atoms with van der Waals surface area (Å²) in [5.74, 6) is 0. The number of nitrogens with zero attached hydrogens (tertiary/aromatic N) is 1. The molecule has 0 N–H and O–H groups in total. The van der Waals surface area contributed by atoms with E-state index in [4.69, 9.17) is 9.73 Å². The first-order valence-electron chi connectivity index (χ1n) is 9.40. The lowest BCUT2D eigenvalue weighted by Gasteiger charge is -2.13. The normalized spacial score (nSPS) is 13.5. The van der Waals surface area contributed by atoms with Crippen LogP contribution in [0.4, 0.5) is 0 Å². The van der Waals surface area contributed by atoms with Crippen LogP contribution in [0.2, 0.25) is 19.6 Å². The van der Waals surface area contributed by atoms with Gasteiger partial charge in [0.1, 0.15) is 0 Å². The van der Waals surface area contributed by atoms with Crippen LogP contribution in [0.1, 0.15) is 24.0 Å². The first-order chi connectivity index (χ1) is 12.5. The average molecular weight is 366 g/mol. The van der Waals surface area contributed by atoms with Crippen LogP contribution in [-0.2, 0) is 11.3 Å². The largest absolute Gasteiger partial charge is 0.377 e. The van der Waals surface area contributed by atoms with Gasteiger partial charge in [0, 0.05) is 12.8 Å². The molecule has 0 amide bonds. The molecule has 0 spiro atoms. The minimum absolute atomic E-state index is 0.263. The third kappa shape index (κ3) is 8.93. The lowest BCUT2D eigenvalue weighted by Crippen LogP contribution is -2.16. The van der Waals surface area contributed by atoms with E-state index >= 15 is 0 Å². The number of rotatable bonds is 10. The Morgan fingerprint density at radius 1 is 0.962 bits per heavy atom. The molecule has 26 heavy (non-hydrogen) atoms. The van der Waals surface area contributed by atoms with E-state index in [1.165, 1.54) is 5.56 Å². The summed E-state index contributed by atoms with van der Waals surface area (Å²) in [6, 6.07) is 20.9. The Kier molecular flexibility index (Phi) is 8.52. The average Bonchev–Trinajstić information content (AvgIpc) is 2.63. The Morgan fingerprint density at radius 3 is 2.27 bits per heavy atom. The van der Waals surface area contributed by atoms with Crippen LogP contribution >= 0.6 is 0 Å². The van der Waals surface area contributed by atoms with E-state index in [0.29, 0.717) is 6.61 Å². The van der Waals surface area contributed by atoms with E-state index in [0.717, 1.165) is 25.0 Å². The van der Waals surface area contributed by atoms with Crippen LogP contribution in [0.25, 0.3) is 0 Å². The van der Waals surface area contributed by atoms with Crippen molar-refractivity contribution in [3.8, 4) is 0 Å². The van der Waals surface area contributed by atoms with Crippen LogP contribution in [0.5, 0.6) is 0 Å². The lowest BCUT2D eigenvalue weighted by molar-refractivity contribution is 0.114. The highest BCUT2D eigenvalue weighted by molar-refractivity contribution is 6.80. The number of hydrogen-bond donors (Lipinski definition) is 0. The molecule has 0 bridgehead atoms. The Bertz CT molecular complexity index is 674. The zero-order chi connectivity index (χ0) is 18.7. The first kappa shape index (κ1) is 20.3. The van der Waals surface area contributed by atoms with Gasteiger partial charge in [0.25, 0.3) is 0 Å². The van der Waals surface area contributed by atoms with Crippen molar-refractivity contribution in [1.29, 1.82) is 0 Å². The Morgan fingerprint density at radius 2 is 1.62 bits per heavy atom. The summed E-state index contributed by atoms with van der Waals surface area (Å²) in [7, 11) is -1.16. The summed E-state index contributed by atoms with van der Waals surface area (Å²) >= 11 is 0. The Labute approximate surface area is 159 Å². The molecule has 2 nitrogen and oxygen atoms in total. The van der Waals surface area contributed by atoms with Gasteiger partial charge in [0.15, 0.2) is 0 Å². The van der Waals surface area contributed by atoms with Crippen LogP contribution in [-0.4, -0.2) is 26.9 Å². The lowest BCUT2D eigenvalue weighted by atomic mass is 10.1. The number of ether oxygens (including phenoxy) is 1. The van der Waals surface area contributed by atoms with Crippen LogP contribution in [0, 0.1) is 0 Å². The molecular weight excluding hydrogens is 334 g/mol. The van der Waals surface area contributed by atoms with Gasteiger partial charge < -0.3 is 4.74 Å². The maximum atomic E-state index is 5.86. The second-order valence-electron chi connectivity index (χ2n) is 7.67. The molecule has 2 aromatic rings. The molecule has 3 heteroatoms. The second-order valence-corrected chi connectivity index (χ2v) is 12.7. The van der Waals surface area contributed by atoms with E-state index in [2.05, 4.69) is 55.7 Å². The van der Waals surface area contributed by atoms with E-state index in [-0.39, 0.29) is 6.04 Å². The quantitative estimate of drug-likeness (QED) is 0.291. The van der Waals surface area contributed by atoms with Crippen molar-refractivity contribution in [3.63, 3.8) is 0 Å². The fraction of sp³-hybridized carbons (Fsp3) is 0.348. The second kappa shape index (κ2) is 10.9. The van der Waals surface area contributed by atoms with Crippen LogP contribution < -0.4 is 0 Å². The molecule has 0 aliphatic rings. The van der Waals surface area contributed by atoms with Crippen molar-refractivity contribution in [2.45, 2.75) is 45.1 Å². The Balaban J connectivity index is 1.87. The van der Waals surface area contributed by atoms with E-state index in [1.807, 2.05) is 42.6 Å². The van der Waals surface area contributed by atoms with Crippen molar-refractivity contribution >= 4 is 14.3 Å². The molecule has 0 aliphatic carbocycles. The summed E-state index contributed by atoms with van der Waals surface area (Å²) in [6.45, 7) is 8.46. The molecule has 0 fully saturated rings. The number of aliphatic imine (C=N–C) groups is 1. The standard InChI is InChI=1S/C23H31NOSi/c1-26(2,3)18-10-15-23(24-19-21-11-6-4-7-12-21)16-17-25-20-22-13-8-5-9-14-22/h4-14,18-19,23H,15-17,20H2,1-3H3/b18-10-,24-19?. The number of benzene rings is 2. The molecule has 138 valence electrons. The van der Waals surface area contributed by atoms with Gasteiger partial charge in [-0.2, -0.15) is 0 Å². The minimum atomic E-state index is -1.16. The molecule has 1 unspecified atom stereocenters. The molecule has 0 saturated carbocycles. The zero-order valence-electron chi connectivity index (χ0n) is 16.3. The van der Waals surface area contributed by atoms with Gasteiger partial charge in [-0.3, -0.25) is 4.99 Å². The summed E-state index contributed by atoms with van der Waals surface area (Å²) in [4.78, 5) is 4.82. The fourth-order valence-electron chi connectivity index (χ4n) is 2.55. The molecular formula is C23H31NOSi. The molecule has 0 aliphatic heterocycles. The Hall–Kier alpha value is -1.97. The topological polar surface area (TPSA) is 21.6 Å². The van der Waals surface area contributed by atoms with Gasteiger partial charge in [0.05, 0.1) is 20.7 Å². The molecule has 0 heterocycles. The minimum Gasteiger partial charge on any atom is -0.377 e. The smallest absolute Gasteiger partial charge is 0.0716 e. The van der Waals surface area contributed by atoms with Gasteiger partial charge >= 0.3 is 0 Å².